The number of anilines is 2. The van der Waals surface area contributed by atoms with Gasteiger partial charge in [0.2, 0.25) is 11.8 Å². The number of benzene rings is 2. The van der Waals surface area contributed by atoms with Crippen molar-refractivity contribution < 1.29 is 14.3 Å². The lowest BCUT2D eigenvalue weighted by Crippen LogP contribution is -2.36. The lowest BCUT2D eigenvalue weighted by Gasteiger charge is -2.26. The predicted octanol–water partition coefficient (Wildman–Crippen LogP) is 3.94. The van der Waals surface area contributed by atoms with Crippen molar-refractivity contribution in [2.45, 2.75) is 19.9 Å². The molecule has 1 atom stereocenters. The molecule has 0 radical (unpaired) electrons. The van der Waals surface area contributed by atoms with E-state index in [-0.39, 0.29) is 24.2 Å². The molecule has 2 aromatic carbocycles. The normalized spacial score (nSPS) is 18.4. The summed E-state index contributed by atoms with van der Waals surface area (Å²) in [4.78, 5) is 34.1. The third-order valence-electron chi connectivity index (χ3n) is 6.30. The lowest BCUT2D eigenvalue weighted by atomic mass is 10.1. The van der Waals surface area contributed by atoms with Crippen molar-refractivity contribution in [1.82, 2.24) is 9.88 Å². The van der Waals surface area contributed by atoms with Crippen LogP contribution < -0.4 is 10.2 Å². The molecular weight excluding hydrogens is 448 g/mol. The molecule has 1 N–H and O–H groups in total. The molecule has 2 aliphatic rings. The van der Waals surface area contributed by atoms with Gasteiger partial charge in [-0.25, -0.2) is 4.98 Å². The summed E-state index contributed by atoms with van der Waals surface area (Å²) in [5.74, 6) is -0.432. The number of carbonyl (C=O) groups is 2. The predicted molar refractivity (Wildman–Crippen MR) is 134 cm³/mol. The molecule has 0 spiro atoms. The van der Waals surface area contributed by atoms with E-state index in [0.717, 1.165) is 53.9 Å². The topological polar surface area (TPSA) is 74.8 Å². The van der Waals surface area contributed by atoms with Crippen LogP contribution >= 0.6 is 11.3 Å². The van der Waals surface area contributed by atoms with Gasteiger partial charge in [0.1, 0.15) is 0 Å². The van der Waals surface area contributed by atoms with Crippen molar-refractivity contribution in [2.75, 3.05) is 43.1 Å². The number of hydrogen-bond donors (Lipinski definition) is 1. The number of aryl methyl sites for hydroxylation is 1. The fraction of sp³-hybridized carbons (Fsp3) is 0.346. The Bertz CT molecular complexity index is 1150. The molecular formula is C26H28N4O3S. The minimum absolute atomic E-state index is 0.0238. The highest BCUT2D eigenvalue weighted by atomic mass is 32.1. The van der Waals surface area contributed by atoms with Crippen LogP contribution in [0.3, 0.4) is 0 Å². The zero-order valence-electron chi connectivity index (χ0n) is 19.2. The molecule has 2 aliphatic heterocycles. The van der Waals surface area contributed by atoms with Gasteiger partial charge in [-0.15, -0.1) is 11.3 Å². The average molecular weight is 477 g/mol. The Kier molecular flexibility index (Phi) is 6.60. The Balaban J connectivity index is 1.17. The van der Waals surface area contributed by atoms with Gasteiger partial charge in [0, 0.05) is 49.2 Å². The minimum Gasteiger partial charge on any atom is -0.378 e. The Hall–Kier alpha value is -3.23. The Morgan fingerprint density at radius 2 is 1.85 bits per heavy atom. The van der Waals surface area contributed by atoms with E-state index in [4.69, 9.17) is 9.72 Å². The zero-order chi connectivity index (χ0) is 23.5. The van der Waals surface area contributed by atoms with Crippen molar-refractivity contribution in [3.63, 3.8) is 0 Å². The van der Waals surface area contributed by atoms with Crippen LogP contribution in [0.25, 0.3) is 11.3 Å². The van der Waals surface area contributed by atoms with Crippen molar-refractivity contribution in [2.24, 2.45) is 5.92 Å². The summed E-state index contributed by atoms with van der Waals surface area (Å²) in [6, 6.07) is 15.9. The van der Waals surface area contributed by atoms with Crippen LogP contribution in [0.1, 0.15) is 17.5 Å². The highest BCUT2D eigenvalue weighted by molar-refractivity contribution is 7.14. The molecule has 0 unspecified atom stereocenters. The smallest absolute Gasteiger partial charge is 0.229 e. The molecule has 3 heterocycles. The highest BCUT2D eigenvalue weighted by Crippen LogP contribution is 2.29. The van der Waals surface area contributed by atoms with Gasteiger partial charge in [0.05, 0.1) is 24.8 Å². The molecule has 0 aliphatic carbocycles. The summed E-state index contributed by atoms with van der Waals surface area (Å²) in [5.41, 5.74) is 4.93. The molecule has 3 aromatic rings. The summed E-state index contributed by atoms with van der Waals surface area (Å²) < 4.78 is 5.42. The Labute approximate surface area is 203 Å². The molecule has 2 fully saturated rings. The fourth-order valence-corrected chi connectivity index (χ4v) is 5.17. The molecule has 0 bridgehead atoms. The number of nitrogens with zero attached hydrogens (tertiary/aromatic N) is 3. The van der Waals surface area contributed by atoms with E-state index < -0.39 is 0 Å². The SMILES string of the molecule is Cc1ccc(CN2C[C@H](C(=O)Nc3ccc(-c4csc(N5CCOCC5)n4)cc3)CC2=O)cc1. The van der Waals surface area contributed by atoms with Crippen molar-refractivity contribution in [3.8, 4) is 11.3 Å². The van der Waals surface area contributed by atoms with Gasteiger partial charge in [0.15, 0.2) is 5.13 Å². The molecule has 8 heteroatoms. The molecule has 34 heavy (non-hydrogen) atoms. The second-order valence-electron chi connectivity index (χ2n) is 8.84. The van der Waals surface area contributed by atoms with Gasteiger partial charge in [-0.1, -0.05) is 42.0 Å². The second-order valence-corrected chi connectivity index (χ2v) is 9.68. The van der Waals surface area contributed by atoms with Gasteiger partial charge >= 0.3 is 0 Å². The van der Waals surface area contributed by atoms with E-state index in [1.807, 2.05) is 55.5 Å². The molecule has 1 aromatic heterocycles. The van der Waals surface area contributed by atoms with Crippen LogP contribution in [0.15, 0.2) is 53.9 Å². The van der Waals surface area contributed by atoms with Crippen LogP contribution in [0, 0.1) is 12.8 Å². The fourth-order valence-electron chi connectivity index (χ4n) is 4.28. The van der Waals surface area contributed by atoms with Gasteiger partial charge < -0.3 is 19.9 Å². The first-order chi connectivity index (χ1) is 16.5. The molecule has 5 rings (SSSR count). The number of amides is 2. The molecule has 2 amide bonds. The minimum atomic E-state index is -0.341. The van der Waals surface area contributed by atoms with Crippen LogP contribution in [0.5, 0.6) is 0 Å². The van der Waals surface area contributed by atoms with Crippen molar-refractivity contribution in [3.05, 3.63) is 65.0 Å². The lowest BCUT2D eigenvalue weighted by molar-refractivity contribution is -0.128. The standard InChI is InChI=1S/C26H28N4O3S/c1-18-2-4-19(5-3-18)15-30-16-21(14-24(30)31)25(32)27-22-8-6-20(7-9-22)23-17-34-26(28-23)29-10-12-33-13-11-29/h2-9,17,21H,10-16H2,1H3,(H,27,32)/t21-/m1/s1. The van der Waals surface area contributed by atoms with Crippen LogP contribution in [-0.4, -0.2) is 54.5 Å². The Morgan fingerprint density at radius 1 is 1.12 bits per heavy atom. The quantitative estimate of drug-likeness (QED) is 0.583. The molecule has 0 saturated carbocycles. The average Bonchev–Trinajstić information content (AvgIpc) is 3.49. The largest absolute Gasteiger partial charge is 0.378 e. The van der Waals surface area contributed by atoms with Gasteiger partial charge in [-0.05, 0) is 24.6 Å². The van der Waals surface area contributed by atoms with E-state index in [1.54, 1.807) is 16.2 Å². The maximum Gasteiger partial charge on any atom is 0.229 e. The summed E-state index contributed by atoms with van der Waals surface area (Å²) in [6.45, 7) is 6.22. The number of thiazole rings is 1. The highest BCUT2D eigenvalue weighted by Gasteiger charge is 2.34. The van der Waals surface area contributed by atoms with E-state index in [9.17, 15) is 9.59 Å². The first kappa shape index (κ1) is 22.6. The van der Waals surface area contributed by atoms with Gasteiger partial charge in [0.25, 0.3) is 0 Å². The number of morpholine rings is 1. The molecule has 2 saturated heterocycles. The number of aromatic nitrogens is 1. The first-order valence-electron chi connectivity index (χ1n) is 11.6. The van der Waals surface area contributed by atoms with Crippen LogP contribution in [-0.2, 0) is 20.9 Å². The van der Waals surface area contributed by atoms with E-state index in [0.29, 0.717) is 13.1 Å². The maximum atomic E-state index is 12.8. The third-order valence-corrected chi connectivity index (χ3v) is 7.20. The van der Waals surface area contributed by atoms with E-state index in [2.05, 4.69) is 15.6 Å². The Morgan fingerprint density at radius 3 is 2.59 bits per heavy atom. The first-order valence-corrected chi connectivity index (χ1v) is 12.5. The number of hydrogen-bond acceptors (Lipinski definition) is 6. The molecule has 176 valence electrons. The summed E-state index contributed by atoms with van der Waals surface area (Å²) >= 11 is 1.64. The number of likely N-dealkylation sites (tertiary alicyclic amines) is 1. The van der Waals surface area contributed by atoms with Gasteiger partial charge in [-0.2, -0.15) is 0 Å². The van der Waals surface area contributed by atoms with E-state index >= 15 is 0 Å². The summed E-state index contributed by atoms with van der Waals surface area (Å²) in [5, 5.41) is 6.05. The van der Waals surface area contributed by atoms with Crippen molar-refractivity contribution >= 4 is 34.0 Å². The second kappa shape index (κ2) is 9.95. The monoisotopic (exact) mass is 476 g/mol. The number of rotatable bonds is 6. The van der Waals surface area contributed by atoms with Gasteiger partial charge in [-0.3, -0.25) is 9.59 Å². The van der Waals surface area contributed by atoms with Crippen LogP contribution in [0.4, 0.5) is 10.8 Å². The number of ether oxygens (including phenoxy) is 1. The molecule has 7 nitrogen and oxygen atoms in total. The third kappa shape index (κ3) is 5.13. The zero-order valence-corrected chi connectivity index (χ0v) is 20.0. The van der Waals surface area contributed by atoms with Crippen LogP contribution in [0.2, 0.25) is 0 Å². The summed E-state index contributed by atoms with van der Waals surface area (Å²) in [6.07, 6.45) is 0.249. The van der Waals surface area contributed by atoms with E-state index in [1.165, 1.54) is 5.56 Å². The summed E-state index contributed by atoms with van der Waals surface area (Å²) in [7, 11) is 0. The van der Waals surface area contributed by atoms with Crippen molar-refractivity contribution in [1.29, 1.82) is 0 Å². The number of nitrogens with one attached hydrogen (secondary N) is 1. The number of carbonyl (C=O) groups excluding carboxylic acids is 2. The maximum absolute atomic E-state index is 12.8.